The summed E-state index contributed by atoms with van der Waals surface area (Å²) in [6, 6.07) is 3.97. The molecule has 0 N–H and O–H groups in total. The van der Waals surface area contributed by atoms with Gasteiger partial charge in [-0.3, -0.25) is 0 Å². The van der Waals surface area contributed by atoms with Crippen LogP contribution in [0.4, 0.5) is 0 Å². The van der Waals surface area contributed by atoms with Crippen molar-refractivity contribution in [1.29, 1.82) is 0 Å². The molecule has 3 heterocycles. The molecule has 1 saturated heterocycles. The van der Waals surface area contributed by atoms with Crippen molar-refractivity contribution < 1.29 is 25.7 Å². The number of nitrogens with zero attached hydrogens (tertiary/aromatic N) is 3. The number of alkyl halides is 2. The van der Waals surface area contributed by atoms with E-state index in [4.69, 9.17) is 4.52 Å². The second kappa shape index (κ2) is 5.77. The Morgan fingerprint density at radius 2 is 2.22 bits per heavy atom. The third-order valence-corrected chi connectivity index (χ3v) is 5.87. The summed E-state index contributed by atoms with van der Waals surface area (Å²) >= 11 is 0.464. The molecule has 2 aromatic heterocycles. The molecule has 1 fully saturated rings. The van der Waals surface area contributed by atoms with Crippen molar-refractivity contribution in [2.45, 2.75) is 25.2 Å². The molecule has 0 unspecified atom stereocenters. The van der Waals surface area contributed by atoms with E-state index in [1.165, 1.54) is 21.7 Å². The molecule has 0 aliphatic carbocycles. The van der Waals surface area contributed by atoms with E-state index in [1.807, 2.05) is 18.3 Å². The van der Waals surface area contributed by atoms with Crippen LogP contribution in [0, 0.1) is 0 Å². The van der Waals surface area contributed by atoms with Gasteiger partial charge >= 0.3 is 117 Å². The van der Waals surface area contributed by atoms with Gasteiger partial charge in [0.1, 0.15) is 0 Å². The van der Waals surface area contributed by atoms with Gasteiger partial charge in [0.25, 0.3) is 0 Å². The first kappa shape index (κ1) is 12.1. The average molecular weight is 356 g/mol. The second-order valence-electron chi connectivity index (χ2n) is 4.43. The summed E-state index contributed by atoms with van der Waals surface area (Å²) in [5.41, 5.74) is 1.12. The summed E-state index contributed by atoms with van der Waals surface area (Å²) in [5.74, 6) is 2.13. The van der Waals surface area contributed by atoms with Gasteiger partial charge in [-0.05, 0) is 0 Å². The summed E-state index contributed by atoms with van der Waals surface area (Å²) < 4.78 is 8.19. The van der Waals surface area contributed by atoms with E-state index in [0.717, 1.165) is 17.3 Å². The molecular formula is C13H15IN3O-. The zero-order valence-electron chi connectivity index (χ0n) is 10.1. The zero-order chi connectivity index (χ0) is 12.2. The molecule has 0 saturated carbocycles. The molecule has 1 aliphatic heterocycles. The Balaban J connectivity index is 1.69. The first-order valence-electron chi connectivity index (χ1n) is 6.16. The third-order valence-electron chi connectivity index (χ3n) is 3.10. The molecule has 0 atom stereocenters. The molecule has 0 bridgehead atoms. The number of hydrogen-bond acceptors (Lipinski definition) is 4. The molecule has 18 heavy (non-hydrogen) atoms. The zero-order valence-corrected chi connectivity index (χ0v) is 12.2. The van der Waals surface area contributed by atoms with Gasteiger partial charge in [0.05, 0.1) is 0 Å². The Morgan fingerprint density at radius 3 is 3.00 bits per heavy atom. The molecule has 2 aromatic rings. The minimum atomic E-state index is 0.464. The molecule has 0 radical (unpaired) electrons. The van der Waals surface area contributed by atoms with Crippen molar-refractivity contribution in [3.63, 3.8) is 0 Å². The van der Waals surface area contributed by atoms with Gasteiger partial charge in [-0.1, -0.05) is 0 Å². The van der Waals surface area contributed by atoms with E-state index in [2.05, 4.69) is 15.1 Å². The molecule has 96 valence electrons. The second-order valence-corrected chi connectivity index (χ2v) is 7.66. The molecule has 1 aliphatic rings. The van der Waals surface area contributed by atoms with Crippen LogP contribution in [0.5, 0.6) is 0 Å². The van der Waals surface area contributed by atoms with Gasteiger partial charge in [-0.15, -0.1) is 0 Å². The fourth-order valence-corrected chi connectivity index (χ4v) is 5.02. The van der Waals surface area contributed by atoms with Crippen LogP contribution >= 0.6 is 0 Å². The van der Waals surface area contributed by atoms with Crippen molar-refractivity contribution >= 4 is 0 Å². The quantitative estimate of drug-likeness (QED) is 0.524. The van der Waals surface area contributed by atoms with E-state index in [0.29, 0.717) is 33.5 Å². The Bertz CT molecular complexity index is 494. The Morgan fingerprint density at radius 1 is 1.33 bits per heavy atom. The average Bonchev–Trinajstić information content (AvgIpc) is 2.89. The van der Waals surface area contributed by atoms with Crippen LogP contribution < -0.4 is 21.2 Å². The number of hydrogen-bond donors (Lipinski definition) is 0. The Hall–Kier alpha value is -0.980. The monoisotopic (exact) mass is 356 g/mol. The predicted octanol–water partition coefficient (Wildman–Crippen LogP) is -0.978. The van der Waals surface area contributed by atoms with E-state index in [9.17, 15) is 0 Å². The predicted molar refractivity (Wildman–Crippen MR) is 63.1 cm³/mol. The molecule has 3 rings (SSSR count). The SMILES string of the molecule is c1cncc(Cc2noc(C3CC[I-]CC3)n2)c1. The van der Waals surface area contributed by atoms with Crippen LogP contribution in [0.3, 0.4) is 0 Å². The van der Waals surface area contributed by atoms with Crippen LogP contribution in [0.2, 0.25) is 0 Å². The minimum absolute atomic E-state index is 0.464. The number of pyridine rings is 1. The molecule has 4 nitrogen and oxygen atoms in total. The standard InChI is InChI=1S/C13H15IN3O/c1-2-10(9-15-7-1)8-12-16-13(18-17-12)11-3-5-14-6-4-11/h1-2,7,9,11H,3-6,8H2/q-1. The summed E-state index contributed by atoms with van der Waals surface area (Å²) in [6.45, 7) is 0. The van der Waals surface area contributed by atoms with Gasteiger partial charge in [-0.25, -0.2) is 0 Å². The summed E-state index contributed by atoms with van der Waals surface area (Å²) in [7, 11) is 0. The summed E-state index contributed by atoms with van der Waals surface area (Å²) in [6.07, 6.45) is 6.80. The third kappa shape index (κ3) is 2.88. The van der Waals surface area contributed by atoms with Crippen LogP contribution in [-0.4, -0.2) is 24.0 Å². The Labute approximate surface area is 116 Å². The van der Waals surface area contributed by atoms with Crippen molar-refractivity contribution in [3.05, 3.63) is 41.8 Å². The first-order valence-corrected chi connectivity index (χ1v) is 9.22. The fourth-order valence-electron chi connectivity index (χ4n) is 2.09. The van der Waals surface area contributed by atoms with Gasteiger partial charge < -0.3 is 0 Å². The summed E-state index contributed by atoms with van der Waals surface area (Å²) in [5, 5.41) is 4.08. The molecule has 0 amide bonds. The summed E-state index contributed by atoms with van der Waals surface area (Å²) in [4.78, 5) is 8.63. The first-order chi connectivity index (χ1) is 8.92. The van der Waals surface area contributed by atoms with Gasteiger partial charge in [0, 0.05) is 0 Å². The van der Waals surface area contributed by atoms with Crippen molar-refractivity contribution in [2.24, 2.45) is 0 Å². The number of halogens is 1. The van der Waals surface area contributed by atoms with E-state index >= 15 is 0 Å². The van der Waals surface area contributed by atoms with Crippen LogP contribution in [0.15, 0.2) is 29.0 Å². The Kier molecular flexibility index (Phi) is 3.87. The van der Waals surface area contributed by atoms with E-state index in [1.54, 1.807) is 6.20 Å². The van der Waals surface area contributed by atoms with Gasteiger partial charge in [0.2, 0.25) is 0 Å². The fraction of sp³-hybridized carbons (Fsp3) is 0.462. The molecule has 5 heteroatoms. The molecule has 0 aromatic carbocycles. The van der Waals surface area contributed by atoms with E-state index in [-0.39, 0.29) is 0 Å². The van der Waals surface area contributed by atoms with Crippen molar-refractivity contribution in [1.82, 2.24) is 15.1 Å². The van der Waals surface area contributed by atoms with Crippen molar-refractivity contribution in [3.8, 4) is 0 Å². The van der Waals surface area contributed by atoms with Gasteiger partial charge in [0.15, 0.2) is 0 Å². The van der Waals surface area contributed by atoms with Crippen LogP contribution in [0.25, 0.3) is 0 Å². The van der Waals surface area contributed by atoms with E-state index < -0.39 is 0 Å². The van der Waals surface area contributed by atoms with Crippen LogP contribution in [0.1, 0.15) is 36.0 Å². The van der Waals surface area contributed by atoms with Crippen molar-refractivity contribution in [2.75, 3.05) is 8.86 Å². The molecular weight excluding hydrogens is 341 g/mol. The number of rotatable bonds is 3. The normalized spacial score (nSPS) is 17.3. The maximum atomic E-state index is 5.41. The molecule has 0 spiro atoms. The topological polar surface area (TPSA) is 51.8 Å². The number of aromatic nitrogens is 3. The maximum absolute atomic E-state index is 5.41. The van der Waals surface area contributed by atoms with Crippen LogP contribution in [-0.2, 0) is 6.42 Å². The van der Waals surface area contributed by atoms with Gasteiger partial charge in [-0.2, -0.15) is 0 Å².